The van der Waals surface area contributed by atoms with Crippen LogP contribution < -0.4 is 14.8 Å². The van der Waals surface area contributed by atoms with Crippen molar-refractivity contribution in [1.82, 2.24) is 14.9 Å². The smallest absolute Gasteiger partial charge is 0.255 e. The minimum Gasteiger partial charge on any atom is -0.495 e. The Morgan fingerprint density at radius 2 is 2.17 bits per heavy atom. The van der Waals surface area contributed by atoms with Crippen molar-refractivity contribution in [2.45, 2.75) is 23.8 Å². The van der Waals surface area contributed by atoms with Crippen LogP contribution in [0, 0.1) is 0 Å². The number of rotatable bonds is 6. The van der Waals surface area contributed by atoms with Crippen LogP contribution in [0.5, 0.6) is 5.75 Å². The van der Waals surface area contributed by atoms with Crippen molar-refractivity contribution in [3.63, 3.8) is 0 Å². The van der Waals surface area contributed by atoms with Gasteiger partial charge in [-0.2, -0.15) is 5.10 Å². The highest BCUT2D eigenvalue weighted by Crippen LogP contribution is 2.28. The summed E-state index contributed by atoms with van der Waals surface area (Å²) in [4.78, 5) is 12.2. The first-order valence-electron chi connectivity index (χ1n) is 7.00. The lowest BCUT2D eigenvalue weighted by Gasteiger charge is -2.12. The summed E-state index contributed by atoms with van der Waals surface area (Å²) in [5.41, 5.74) is 0.703. The van der Waals surface area contributed by atoms with Gasteiger partial charge in [-0.05, 0) is 31.0 Å². The molecular formula is C14H16N4O4S. The van der Waals surface area contributed by atoms with Gasteiger partial charge >= 0.3 is 0 Å². The number of H-pyrrole nitrogens is 1. The van der Waals surface area contributed by atoms with Crippen LogP contribution in [0.4, 0.5) is 5.69 Å². The first-order chi connectivity index (χ1) is 11.0. The molecule has 0 bridgehead atoms. The Balaban J connectivity index is 1.90. The number of aromatic nitrogens is 2. The van der Waals surface area contributed by atoms with Crippen LogP contribution in [-0.2, 0) is 10.0 Å². The summed E-state index contributed by atoms with van der Waals surface area (Å²) in [7, 11) is -2.35. The van der Waals surface area contributed by atoms with Gasteiger partial charge in [-0.15, -0.1) is 0 Å². The number of anilines is 1. The van der Waals surface area contributed by atoms with Gasteiger partial charge in [0.25, 0.3) is 5.91 Å². The summed E-state index contributed by atoms with van der Waals surface area (Å²) < 4.78 is 32.5. The molecule has 1 aromatic heterocycles. The molecule has 1 fully saturated rings. The number of sulfonamides is 1. The molecule has 1 heterocycles. The van der Waals surface area contributed by atoms with E-state index in [0.29, 0.717) is 5.69 Å². The van der Waals surface area contributed by atoms with E-state index >= 15 is 0 Å². The Morgan fingerprint density at radius 3 is 2.78 bits per heavy atom. The zero-order chi connectivity index (χ0) is 16.4. The normalized spacial score (nSPS) is 14.5. The highest BCUT2D eigenvalue weighted by molar-refractivity contribution is 7.89. The highest BCUT2D eigenvalue weighted by atomic mass is 32.2. The first-order valence-corrected chi connectivity index (χ1v) is 8.48. The molecule has 23 heavy (non-hydrogen) atoms. The van der Waals surface area contributed by atoms with Crippen LogP contribution in [0.1, 0.15) is 23.2 Å². The predicted molar refractivity (Wildman–Crippen MR) is 82.9 cm³/mol. The molecule has 0 saturated heterocycles. The number of nitrogens with zero attached hydrogens (tertiary/aromatic N) is 1. The molecule has 0 aliphatic heterocycles. The number of aromatic amines is 1. The molecule has 9 heteroatoms. The molecule has 2 aromatic rings. The number of nitrogens with one attached hydrogen (secondary N) is 3. The van der Waals surface area contributed by atoms with E-state index in [1.807, 2.05) is 0 Å². The minimum absolute atomic E-state index is 0.0341. The number of hydrogen-bond donors (Lipinski definition) is 3. The maximum absolute atomic E-state index is 12.4. The number of carbonyl (C=O) groups excluding carboxylic acids is 1. The monoisotopic (exact) mass is 336 g/mol. The molecule has 3 N–H and O–H groups in total. The average molecular weight is 336 g/mol. The highest BCUT2D eigenvalue weighted by Gasteiger charge is 2.30. The molecule has 1 saturated carbocycles. The Morgan fingerprint density at radius 1 is 1.39 bits per heavy atom. The topological polar surface area (TPSA) is 113 Å². The molecule has 1 aliphatic rings. The lowest BCUT2D eigenvalue weighted by atomic mass is 10.2. The molecule has 0 unspecified atom stereocenters. The number of amides is 1. The van der Waals surface area contributed by atoms with Gasteiger partial charge in [0.2, 0.25) is 10.0 Å². The van der Waals surface area contributed by atoms with E-state index in [9.17, 15) is 13.2 Å². The van der Waals surface area contributed by atoms with E-state index in [1.54, 1.807) is 0 Å². The summed E-state index contributed by atoms with van der Waals surface area (Å²) >= 11 is 0. The number of ether oxygens (including phenoxy) is 1. The summed E-state index contributed by atoms with van der Waals surface area (Å²) in [5, 5.41) is 8.92. The average Bonchev–Trinajstić information content (AvgIpc) is 3.18. The van der Waals surface area contributed by atoms with Gasteiger partial charge in [0.15, 0.2) is 0 Å². The lowest BCUT2D eigenvalue weighted by Crippen LogP contribution is -2.26. The molecule has 122 valence electrons. The molecule has 1 amide bonds. The van der Waals surface area contributed by atoms with Gasteiger partial charge in [0, 0.05) is 17.8 Å². The molecular weight excluding hydrogens is 320 g/mol. The lowest BCUT2D eigenvalue weighted by molar-refractivity contribution is 0.102. The predicted octanol–water partition coefficient (Wildman–Crippen LogP) is 1.11. The minimum atomic E-state index is -3.73. The van der Waals surface area contributed by atoms with Gasteiger partial charge in [-0.3, -0.25) is 9.89 Å². The molecule has 3 rings (SSSR count). The zero-order valence-corrected chi connectivity index (χ0v) is 13.2. The van der Waals surface area contributed by atoms with Gasteiger partial charge in [0.1, 0.15) is 10.6 Å². The van der Waals surface area contributed by atoms with Gasteiger partial charge in [-0.1, -0.05) is 0 Å². The second-order valence-corrected chi connectivity index (χ2v) is 6.88. The number of hydrogen-bond acceptors (Lipinski definition) is 5. The Bertz CT molecular complexity index is 813. The van der Waals surface area contributed by atoms with Gasteiger partial charge in [0.05, 0.1) is 19.0 Å². The Hall–Kier alpha value is -2.39. The van der Waals surface area contributed by atoms with E-state index < -0.39 is 15.9 Å². The number of methoxy groups -OCH3 is 1. The van der Waals surface area contributed by atoms with Crippen LogP contribution in [-0.4, -0.2) is 37.7 Å². The van der Waals surface area contributed by atoms with Crippen molar-refractivity contribution in [1.29, 1.82) is 0 Å². The molecule has 1 aliphatic carbocycles. The van der Waals surface area contributed by atoms with Crippen LogP contribution in [0.25, 0.3) is 0 Å². The third-order valence-corrected chi connectivity index (χ3v) is 4.91. The van der Waals surface area contributed by atoms with Gasteiger partial charge < -0.3 is 10.1 Å². The third kappa shape index (κ3) is 3.51. The van der Waals surface area contributed by atoms with Crippen LogP contribution in [0.15, 0.2) is 35.5 Å². The number of benzene rings is 1. The largest absolute Gasteiger partial charge is 0.495 e. The molecule has 0 spiro atoms. The summed E-state index contributed by atoms with van der Waals surface area (Å²) in [6.45, 7) is 0. The van der Waals surface area contributed by atoms with Crippen molar-refractivity contribution in [2.24, 2.45) is 0 Å². The Kier molecular flexibility index (Phi) is 4.05. The number of carbonyl (C=O) groups is 1. The summed E-state index contributed by atoms with van der Waals surface area (Å²) in [6, 6.07) is 4.24. The van der Waals surface area contributed by atoms with Gasteiger partial charge in [-0.25, -0.2) is 13.1 Å². The molecule has 8 nitrogen and oxygen atoms in total. The van der Waals surface area contributed by atoms with Crippen molar-refractivity contribution in [3.05, 3.63) is 36.2 Å². The second-order valence-electron chi connectivity index (χ2n) is 5.20. The molecule has 0 atom stereocenters. The fourth-order valence-electron chi connectivity index (χ4n) is 2.03. The van der Waals surface area contributed by atoms with Crippen LogP contribution in [0.3, 0.4) is 0 Å². The van der Waals surface area contributed by atoms with E-state index in [1.165, 1.54) is 37.7 Å². The van der Waals surface area contributed by atoms with Crippen LogP contribution >= 0.6 is 0 Å². The van der Waals surface area contributed by atoms with E-state index in [-0.39, 0.29) is 22.3 Å². The SMILES string of the molecule is COc1ccc(C(=O)Nc2cn[nH]c2)cc1S(=O)(=O)NC1CC1. The third-order valence-electron chi connectivity index (χ3n) is 3.37. The fraction of sp³-hybridized carbons (Fsp3) is 0.286. The van der Waals surface area contributed by atoms with Crippen molar-refractivity contribution in [2.75, 3.05) is 12.4 Å². The van der Waals surface area contributed by atoms with Crippen molar-refractivity contribution in [3.8, 4) is 5.75 Å². The van der Waals surface area contributed by atoms with E-state index in [2.05, 4.69) is 20.2 Å². The Labute approximate surface area is 133 Å². The summed E-state index contributed by atoms with van der Waals surface area (Å²) in [5.74, 6) is -0.241. The van der Waals surface area contributed by atoms with Crippen LogP contribution in [0.2, 0.25) is 0 Å². The quantitative estimate of drug-likeness (QED) is 0.731. The molecule has 0 radical (unpaired) electrons. The zero-order valence-electron chi connectivity index (χ0n) is 12.4. The summed E-state index contributed by atoms with van der Waals surface area (Å²) in [6.07, 6.45) is 4.62. The fourth-order valence-corrected chi connectivity index (χ4v) is 3.53. The first kappa shape index (κ1) is 15.5. The van der Waals surface area contributed by atoms with E-state index in [4.69, 9.17) is 4.74 Å². The van der Waals surface area contributed by atoms with E-state index in [0.717, 1.165) is 12.8 Å². The maximum Gasteiger partial charge on any atom is 0.255 e. The maximum atomic E-state index is 12.4. The molecule has 1 aromatic carbocycles. The second kappa shape index (κ2) is 6.01. The standard InChI is InChI=1S/C14H16N4O4S/c1-22-12-5-2-9(14(19)17-11-7-15-16-8-11)6-13(12)23(20,21)18-10-3-4-10/h2,5-8,10,18H,3-4H2,1H3,(H,15,16)(H,17,19). The van der Waals surface area contributed by atoms with Crippen molar-refractivity contribution < 1.29 is 17.9 Å². The van der Waals surface area contributed by atoms with Crippen molar-refractivity contribution >= 4 is 21.6 Å².